The number of aliphatic carboxylic acids is 2. The number of nitrogens with one attached hydrogen (secondary N) is 1. The van der Waals surface area contributed by atoms with Crippen molar-refractivity contribution in [3.8, 4) is 0 Å². The zero-order valence-electron chi connectivity index (χ0n) is 10.4. The van der Waals surface area contributed by atoms with E-state index in [0.29, 0.717) is 0 Å². The molecule has 0 bridgehead atoms. The van der Waals surface area contributed by atoms with Crippen molar-refractivity contribution in [1.29, 1.82) is 0 Å². The van der Waals surface area contributed by atoms with Gasteiger partial charge in [0, 0.05) is 13.1 Å². The minimum atomic E-state index is -1.16. The maximum Gasteiger partial charge on any atom is 0.319 e. The van der Waals surface area contributed by atoms with Crippen molar-refractivity contribution in [3.63, 3.8) is 0 Å². The number of hydrogen-bond donors (Lipinski definition) is 4. The fraction of sp³-hybridized carbons (Fsp3) is 0.700. The number of hydrogen-bond acceptors (Lipinski definition) is 7. The molecule has 0 aliphatic heterocycles. The summed E-state index contributed by atoms with van der Waals surface area (Å²) < 4.78 is 4.77. The monoisotopic (exact) mass is 278 g/mol. The van der Waals surface area contributed by atoms with Crippen molar-refractivity contribution >= 4 is 17.9 Å². The number of ether oxygens (including phenoxy) is 1. The van der Waals surface area contributed by atoms with Crippen LogP contribution in [0.3, 0.4) is 0 Å². The fourth-order valence-corrected chi connectivity index (χ4v) is 1.21. The average Bonchev–Trinajstić information content (AvgIpc) is 2.27. The van der Waals surface area contributed by atoms with Crippen molar-refractivity contribution < 1.29 is 34.4 Å². The number of carbonyl (C=O) groups is 3. The lowest BCUT2D eigenvalue weighted by atomic mass is 10.4. The number of carbonyl (C=O) groups excluding carboxylic acids is 1. The maximum absolute atomic E-state index is 11.1. The molecule has 0 radical (unpaired) electrons. The Labute approximate surface area is 109 Å². The van der Waals surface area contributed by atoms with E-state index in [1.165, 1.54) is 0 Å². The number of rotatable bonds is 11. The molecule has 0 fully saturated rings. The Morgan fingerprint density at radius 3 is 2.16 bits per heavy atom. The second kappa shape index (κ2) is 10.2. The summed E-state index contributed by atoms with van der Waals surface area (Å²) in [5.41, 5.74) is 0. The molecular weight excluding hydrogens is 260 g/mol. The molecule has 0 saturated carbocycles. The van der Waals surface area contributed by atoms with Crippen LogP contribution in [-0.4, -0.2) is 84.1 Å². The number of nitrogens with zero attached hydrogens (tertiary/aromatic N) is 1. The van der Waals surface area contributed by atoms with Crippen LogP contribution >= 0.6 is 0 Å². The van der Waals surface area contributed by atoms with Crippen molar-refractivity contribution in [2.75, 3.05) is 45.9 Å². The Morgan fingerprint density at radius 1 is 1.11 bits per heavy atom. The predicted octanol–water partition coefficient (Wildman–Crippen LogP) is -2.42. The highest BCUT2D eigenvalue weighted by Gasteiger charge is 2.13. The molecule has 0 heterocycles. The lowest BCUT2D eigenvalue weighted by molar-refractivity contribution is -0.144. The van der Waals surface area contributed by atoms with Crippen LogP contribution in [0, 0.1) is 0 Å². The van der Waals surface area contributed by atoms with E-state index in [9.17, 15) is 14.4 Å². The number of aliphatic hydroxyl groups excluding tert-OH is 1. The minimum Gasteiger partial charge on any atom is -0.480 e. The van der Waals surface area contributed by atoms with Crippen LogP contribution in [0.2, 0.25) is 0 Å². The van der Waals surface area contributed by atoms with E-state index in [2.05, 4.69) is 5.32 Å². The summed E-state index contributed by atoms with van der Waals surface area (Å²) in [6.07, 6.45) is 0. The molecule has 4 N–H and O–H groups in total. The van der Waals surface area contributed by atoms with Gasteiger partial charge in [0.1, 0.15) is 6.61 Å². The highest BCUT2D eigenvalue weighted by atomic mass is 16.5. The largest absolute Gasteiger partial charge is 0.480 e. The van der Waals surface area contributed by atoms with E-state index in [4.69, 9.17) is 20.1 Å². The summed E-state index contributed by atoms with van der Waals surface area (Å²) in [6.45, 7) is -0.861. The Kier molecular flexibility index (Phi) is 9.31. The molecule has 9 heteroatoms. The summed E-state index contributed by atoms with van der Waals surface area (Å²) in [5, 5.41) is 28.2. The first-order valence-corrected chi connectivity index (χ1v) is 5.59. The van der Waals surface area contributed by atoms with E-state index < -0.39 is 31.0 Å². The summed E-state index contributed by atoms with van der Waals surface area (Å²) in [6, 6.07) is 0. The van der Waals surface area contributed by atoms with Crippen LogP contribution in [0.15, 0.2) is 0 Å². The van der Waals surface area contributed by atoms with Crippen LogP contribution in [0.1, 0.15) is 0 Å². The number of carboxylic acid groups (broad SMARTS) is 2. The lowest BCUT2D eigenvalue weighted by Gasteiger charge is -2.17. The smallest absolute Gasteiger partial charge is 0.319 e. The number of esters is 1. The standard InChI is InChI=1S/C10H18N2O7/c13-3-1-11-5-10(18)19-4-2-12(6-8(14)15)7-9(16)17/h11,13H,1-7H2,(H,14,15)(H,16,17). The van der Waals surface area contributed by atoms with Crippen LogP contribution < -0.4 is 5.32 Å². The van der Waals surface area contributed by atoms with E-state index in [1.54, 1.807) is 0 Å². The molecule has 0 aliphatic carbocycles. The van der Waals surface area contributed by atoms with Gasteiger partial charge in [-0.15, -0.1) is 0 Å². The third kappa shape index (κ3) is 11.1. The zero-order valence-corrected chi connectivity index (χ0v) is 10.4. The number of carboxylic acids is 2. The second-order valence-electron chi connectivity index (χ2n) is 3.62. The third-order valence-corrected chi connectivity index (χ3v) is 1.95. The Bertz CT molecular complexity index is 292. The first-order valence-electron chi connectivity index (χ1n) is 5.59. The van der Waals surface area contributed by atoms with E-state index in [1.807, 2.05) is 0 Å². The van der Waals surface area contributed by atoms with Crippen LogP contribution in [0.5, 0.6) is 0 Å². The van der Waals surface area contributed by atoms with Crippen molar-refractivity contribution in [2.45, 2.75) is 0 Å². The predicted molar refractivity (Wildman–Crippen MR) is 62.6 cm³/mol. The molecule has 19 heavy (non-hydrogen) atoms. The van der Waals surface area contributed by atoms with Crippen molar-refractivity contribution in [1.82, 2.24) is 10.2 Å². The quantitative estimate of drug-likeness (QED) is 0.240. The fourth-order valence-electron chi connectivity index (χ4n) is 1.21. The molecule has 9 nitrogen and oxygen atoms in total. The zero-order chi connectivity index (χ0) is 14.7. The van der Waals surface area contributed by atoms with Crippen LogP contribution in [0.25, 0.3) is 0 Å². The summed E-state index contributed by atoms with van der Waals surface area (Å²) in [5.74, 6) is -2.87. The summed E-state index contributed by atoms with van der Waals surface area (Å²) in [4.78, 5) is 33.2. The number of aliphatic hydroxyl groups is 1. The second-order valence-corrected chi connectivity index (χ2v) is 3.62. The summed E-state index contributed by atoms with van der Waals surface area (Å²) >= 11 is 0. The topological polar surface area (TPSA) is 136 Å². The third-order valence-electron chi connectivity index (χ3n) is 1.95. The molecule has 0 aromatic rings. The molecular formula is C10H18N2O7. The van der Waals surface area contributed by atoms with Gasteiger partial charge in [-0.2, -0.15) is 0 Å². The molecule has 0 aromatic heterocycles. The molecule has 110 valence electrons. The van der Waals surface area contributed by atoms with E-state index in [-0.39, 0.29) is 32.8 Å². The van der Waals surface area contributed by atoms with Gasteiger partial charge in [0.25, 0.3) is 0 Å². The van der Waals surface area contributed by atoms with Gasteiger partial charge in [-0.1, -0.05) is 0 Å². The van der Waals surface area contributed by atoms with Gasteiger partial charge in [0.05, 0.1) is 26.2 Å². The molecule has 0 spiro atoms. The highest BCUT2D eigenvalue weighted by molar-refractivity contribution is 5.73. The maximum atomic E-state index is 11.1. The normalized spacial score (nSPS) is 10.4. The molecule has 0 saturated heterocycles. The highest BCUT2D eigenvalue weighted by Crippen LogP contribution is 1.90. The van der Waals surface area contributed by atoms with Gasteiger partial charge >= 0.3 is 17.9 Å². The first-order chi connectivity index (χ1) is 8.95. The van der Waals surface area contributed by atoms with Gasteiger partial charge in [-0.05, 0) is 0 Å². The van der Waals surface area contributed by atoms with Gasteiger partial charge < -0.3 is 25.4 Å². The molecule has 0 atom stereocenters. The van der Waals surface area contributed by atoms with Gasteiger partial charge in [-0.25, -0.2) is 0 Å². The Balaban J connectivity index is 3.87. The van der Waals surface area contributed by atoms with E-state index in [0.717, 1.165) is 4.90 Å². The summed E-state index contributed by atoms with van der Waals surface area (Å²) in [7, 11) is 0. The first kappa shape index (κ1) is 17.3. The van der Waals surface area contributed by atoms with Crippen LogP contribution in [-0.2, 0) is 19.1 Å². The Morgan fingerprint density at radius 2 is 1.68 bits per heavy atom. The van der Waals surface area contributed by atoms with Gasteiger partial charge in [0.15, 0.2) is 0 Å². The average molecular weight is 278 g/mol. The van der Waals surface area contributed by atoms with Crippen molar-refractivity contribution in [2.24, 2.45) is 0 Å². The molecule has 0 aliphatic rings. The molecule has 0 unspecified atom stereocenters. The lowest BCUT2D eigenvalue weighted by Crippen LogP contribution is -2.37. The molecule has 0 rings (SSSR count). The molecule has 0 aromatic carbocycles. The van der Waals surface area contributed by atoms with Gasteiger partial charge in [-0.3, -0.25) is 19.3 Å². The minimum absolute atomic E-state index is 0.0182. The van der Waals surface area contributed by atoms with E-state index >= 15 is 0 Å². The molecule has 0 amide bonds. The SMILES string of the molecule is O=C(O)CN(CCOC(=O)CNCCO)CC(=O)O. The van der Waals surface area contributed by atoms with Crippen molar-refractivity contribution in [3.05, 3.63) is 0 Å². The van der Waals surface area contributed by atoms with Gasteiger partial charge in [0.2, 0.25) is 0 Å². The van der Waals surface area contributed by atoms with Crippen LogP contribution in [0.4, 0.5) is 0 Å². The Hall–Kier alpha value is -1.71.